The smallest absolute Gasteiger partial charge is 0.254 e. The van der Waals surface area contributed by atoms with E-state index in [0.717, 1.165) is 59.2 Å². The number of hydrogen-bond donors (Lipinski definition) is 2. The summed E-state index contributed by atoms with van der Waals surface area (Å²) in [5.41, 5.74) is 3.87. The Morgan fingerprint density at radius 1 is 1.24 bits per heavy atom. The van der Waals surface area contributed by atoms with E-state index in [1.165, 1.54) is 11.8 Å². The highest BCUT2D eigenvalue weighted by Gasteiger charge is 2.29. The number of thioether (sulfide) groups is 1. The fraction of sp³-hybridized carbons (Fsp3) is 0.444. The van der Waals surface area contributed by atoms with Gasteiger partial charge < -0.3 is 19.7 Å². The van der Waals surface area contributed by atoms with Gasteiger partial charge in [0.05, 0.1) is 5.56 Å². The SMILES string of the molecule is CSc1cc(C)[nH]c(=O)c1CNC(=O)c1c(C)n([C@H](C)[C@H]2CC[C@H](C=O)CC2)c2ccccc12. The molecule has 2 aromatic heterocycles. The third-order valence-electron chi connectivity index (χ3n) is 7.36. The van der Waals surface area contributed by atoms with Crippen molar-refractivity contribution < 1.29 is 9.59 Å². The summed E-state index contributed by atoms with van der Waals surface area (Å²) in [6.45, 7) is 6.27. The number of carbonyl (C=O) groups excluding carboxylic acids is 2. The average molecular weight is 480 g/mol. The van der Waals surface area contributed by atoms with E-state index < -0.39 is 0 Å². The molecule has 0 aliphatic heterocycles. The number of benzene rings is 1. The van der Waals surface area contributed by atoms with Crippen molar-refractivity contribution in [2.45, 2.75) is 63.9 Å². The number of carbonyl (C=O) groups is 2. The summed E-state index contributed by atoms with van der Waals surface area (Å²) >= 11 is 1.51. The summed E-state index contributed by atoms with van der Waals surface area (Å²) in [4.78, 5) is 40.9. The van der Waals surface area contributed by atoms with Crippen LogP contribution in [0.5, 0.6) is 0 Å². The number of nitrogens with one attached hydrogen (secondary N) is 2. The number of H-pyrrole nitrogens is 1. The van der Waals surface area contributed by atoms with Gasteiger partial charge in [0.15, 0.2) is 0 Å². The normalized spacial score (nSPS) is 19.2. The van der Waals surface area contributed by atoms with E-state index in [4.69, 9.17) is 0 Å². The summed E-state index contributed by atoms with van der Waals surface area (Å²) in [5, 5.41) is 3.93. The summed E-state index contributed by atoms with van der Waals surface area (Å²) in [6, 6.07) is 10.2. The highest BCUT2D eigenvalue weighted by atomic mass is 32.2. The molecule has 1 aliphatic carbocycles. The molecule has 3 aromatic rings. The van der Waals surface area contributed by atoms with Crippen molar-refractivity contribution in [1.82, 2.24) is 14.9 Å². The van der Waals surface area contributed by atoms with Crippen LogP contribution < -0.4 is 10.9 Å². The van der Waals surface area contributed by atoms with Gasteiger partial charge in [0, 0.05) is 51.3 Å². The summed E-state index contributed by atoms with van der Waals surface area (Å²) in [5.74, 6) is 0.483. The molecule has 0 radical (unpaired) electrons. The van der Waals surface area contributed by atoms with Crippen molar-refractivity contribution in [1.29, 1.82) is 0 Å². The van der Waals surface area contributed by atoms with E-state index >= 15 is 0 Å². The first-order chi connectivity index (χ1) is 16.3. The van der Waals surface area contributed by atoms with Crippen molar-refractivity contribution in [3.8, 4) is 0 Å². The summed E-state index contributed by atoms with van der Waals surface area (Å²) in [7, 11) is 0. The number of hydrogen-bond acceptors (Lipinski definition) is 4. The van der Waals surface area contributed by atoms with Crippen LogP contribution in [0.1, 0.15) is 66.0 Å². The lowest BCUT2D eigenvalue weighted by Gasteiger charge is -2.32. The van der Waals surface area contributed by atoms with E-state index in [2.05, 4.69) is 27.9 Å². The van der Waals surface area contributed by atoms with Gasteiger partial charge >= 0.3 is 0 Å². The number of para-hydroxylation sites is 1. The third kappa shape index (κ3) is 4.58. The Morgan fingerprint density at radius 3 is 2.62 bits per heavy atom. The first kappa shape index (κ1) is 24.3. The maximum absolute atomic E-state index is 13.4. The highest BCUT2D eigenvalue weighted by Crippen LogP contribution is 2.39. The Labute approximate surface area is 204 Å². The van der Waals surface area contributed by atoms with Gasteiger partial charge in [-0.3, -0.25) is 9.59 Å². The van der Waals surface area contributed by atoms with Gasteiger partial charge in [-0.1, -0.05) is 18.2 Å². The Bertz CT molecular complexity index is 1270. The van der Waals surface area contributed by atoms with Gasteiger partial charge in [0.2, 0.25) is 0 Å². The molecule has 1 amide bonds. The van der Waals surface area contributed by atoms with Crippen molar-refractivity contribution in [2.75, 3.05) is 6.26 Å². The van der Waals surface area contributed by atoms with Crippen molar-refractivity contribution >= 4 is 34.9 Å². The standard InChI is InChI=1S/C27H33N3O3S/c1-16-13-24(34-4)22(26(32)29-16)14-28-27(33)25-18(3)30(23-8-6-5-7-21(23)25)17(2)20-11-9-19(15-31)10-12-20/h5-8,13,15,17,19-20H,9-12,14H2,1-4H3,(H,28,33)(H,29,32)/t17-,19-,20-/m1/s1. The Kier molecular flexibility index (Phi) is 7.31. The fourth-order valence-electron chi connectivity index (χ4n) is 5.47. The van der Waals surface area contributed by atoms with Gasteiger partial charge in [-0.2, -0.15) is 0 Å². The minimum absolute atomic E-state index is 0.164. The Morgan fingerprint density at radius 2 is 1.94 bits per heavy atom. The molecule has 0 bridgehead atoms. The minimum atomic E-state index is -0.170. The molecule has 1 atom stereocenters. The van der Waals surface area contributed by atoms with Crippen LogP contribution in [-0.4, -0.2) is 28.0 Å². The highest BCUT2D eigenvalue weighted by molar-refractivity contribution is 7.98. The number of aldehydes is 1. The average Bonchev–Trinajstić information content (AvgIpc) is 3.14. The van der Waals surface area contributed by atoms with E-state index in [0.29, 0.717) is 17.0 Å². The Hall–Kier alpha value is -2.80. The zero-order chi connectivity index (χ0) is 24.4. The largest absolute Gasteiger partial charge is 0.348 e. The lowest BCUT2D eigenvalue weighted by atomic mass is 9.79. The first-order valence-electron chi connectivity index (χ1n) is 12.0. The molecule has 6 nitrogen and oxygen atoms in total. The number of pyridine rings is 1. The second kappa shape index (κ2) is 10.2. The minimum Gasteiger partial charge on any atom is -0.348 e. The molecule has 1 aliphatic rings. The zero-order valence-corrected chi connectivity index (χ0v) is 21.1. The maximum atomic E-state index is 13.4. The third-order valence-corrected chi connectivity index (χ3v) is 8.16. The van der Waals surface area contributed by atoms with Crippen LogP contribution in [0.15, 0.2) is 40.0 Å². The van der Waals surface area contributed by atoms with Crippen LogP contribution in [0.2, 0.25) is 0 Å². The summed E-state index contributed by atoms with van der Waals surface area (Å²) in [6.07, 6.45) is 6.94. The van der Waals surface area contributed by atoms with Crippen molar-refractivity contribution in [3.63, 3.8) is 0 Å². The number of aromatic amines is 1. The first-order valence-corrected chi connectivity index (χ1v) is 13.2. The molecule has 180 valence electrons. The number of aryl methyl sites for hydroxylation is 1. The van der Waals surface area contributed by atoms with Crippen LogP contribution in [0.4, 0.5) is 0 Å². The molecule has 0 saturated heterocycles. The number of rotatable bonds is 7. The molecule has 4 rings (SSSR count). The van der Waals surface area contributed by atoms with Crippen LogP contribution in [-0.2, 0) is 11.3 Å². The molecule has 1 saturated carbocycles. The second-order valence-electron chi connectivity index (χ2n) is 9.41. The molecule has 34 heavy (non-hydrogen) atoms. The Balaban J connectivity index is 1.64. The zero-order valence-electron chi connectivity index (χ0n) is 20.3. The monoisotopic (exact) mass is 479 g/mol. The maximum Gasteiger partial charge on any atom is 0.254 e. The molecule has 0 spiro atoms. The van der Waals surface area contributed by atoms with Crippen LogP contribution in [0.3, 0.4) is 0 Å². The van der Waals surface area contributed by atoms with Crippen LogP contribution in [0, 0.1) is 25.7 Å². The lowest BCUT2D eigenvalue weighted by molar-refractivity contribution is -0.112. The molecule has 1 fully saturated rings. The predicted molar refractivity (Wildman–Crippen MR) is 138 cm³/mol. The van der Waals surface area contributed by atoms with Gasteiger partial charge in [-0.05, 0) is 70.8 Å². The van der Waals surface area contributed by atoms with E-state index in [1.807, 2.05) is 44.4 Å². The van der Waals surface area contributed by atoms with Crippen molar-refractivity contribution in [3.05, 3.63) is 63.2 Å². The molecule has 0 unspecified atom stereocenters. The van der Waals surface area contributed by atoms with Gasteiger partial charge in [0.1, 0.15) is 6.29 Å². The quantitative estimate of drug-likeness (QED) is 0.362. The number of aromatic nitrogens is 2. The molecular formula is C27H33N3O3S. The van der Waals surface area contributed by atoms with Gasteiger partial charge in [-0.25, -0.2) is 0 Å². The summed E-state index contributed by atoms with van der Waals surface area (Å²) < 4.78 is 2.29. The number of fused-ring (bicyclic) bond motifs is 1. The number of nitrogens with zero attached hydrogens (tertiary/aromatic N) is 1. The number of amides is 1. The van der Waals surface area contributed by atoms with E-state index in [9.17, 15) is 14.4 Å². The predicted octanol–water partition coefficient (Wildman–Crippen LogP) is 5.16. The fourth-order valence-corrected chi connectivity index (χ4v) is 6.18. The second-order valence-corrected chi connectivity index (χ2v) is 10.3. The van der Waals surface area contributed by atoms with Crippen molar-refractivity contribution in [2.24, 2.45) is 11.8 Å². The van der Waals surface area contributed by atoms with Gasteiger partial charge in [0.25, 0.3) is 11.5 Å². The van der Waals surface area contributed by atoms with E-state index in [-0.39, 0.29) is 30.0 Å². The van der Waals surface area contributed by atoms with E-state index in [1.54, 1.807) is 0 Å². The molecule has 1 aromatic carbocycles. The molecular weight excluding hydrogens is 446 g/mol. The van der Waals surface area contributed by atoms with Crippen LogP contribution in [0.25, 0.3) is 10.9 Å². The topological polar surface area (TPSA) is 84.0 Å². The van der Waals surface area contributed by atoms with Crippen LogP contribution >= 0.6 is 11.8 Å². The lowest BCUT2D eigenvalue weighted by Crippen LogP contribution is -2.28. The molecule has 2 N–H and O–H groups in total. The van der Waals surface area contributed by atoms with Gasteiger partial charge in [-0.15, -0.1) is 11.8 Å². The molecule has 2 heterocycles. The molecule has 7 heteroatoms.